The van der Waals surface area contributed by atoms with E-state index in [0.717, 1.165) is 25.8 Å². The molecule has 0 radical (unpaired) electrons. The van der Waals surface area contributed by atoms with Crippen LogP contribution in [0.25, 0.3) is 0 Å². The summed E-state index contributed by atoms with van der Waals surface area (Å²) in [7, 11) is 0. The van der Waals surface area contributed by atoms with Crippen molar-refractivity contribution < 1.29 is 9.72 Å². The fourth-order valence-electron chi connectivity index (χ4n) is 2.56. The first-order valence-corrected chi connectivity index (χ1v) is 6.55. The number of non-ortho nitro benzene ring substituents is 1. The van der Waals surface area contributed by atoms with Crippen LogP contribution in [0.2, 0.25) is 0 Å². The zero-order chi connectivity index (χ0) is 14.7. The Balaban J connectivity index is 2.21. The maximum atomic E-state index is 11.5. The summed E-state index contributed by atoms with van der Waals surface area (Å²) in [6, 6.07) is 4.04. The summed E-state index contributed by atoms with van der Waals surface area (Å²) in [5.74, 6) is -0.353. The van der Waals surface area contributed by atoms with Gasteiger partial charge in [-0.2, -0.15) is 0 Å². The molecule has 108 valence electrons. The number of benzene rings is 1. The van der Waals surface area contributed by atoms with E-state index in [1.54, 1.807) is 0 Å². The SMILES string of the molecule is NC(=O)C1CCCCN1Cc1cc([N+](=O)[O-])ccc1N. The summed E-state index contributed by atoms with van der Waals surface area (Å²) in [5, 5.41) is 10.8. The number of nitrogens with zero attached hydrogens (tertiary/aromatic N) is 2. The molecule has 1 saturated heterocycles. The van der Waals surface area contributed by atoms with Gasteiger partial charge in [0.25, 0.3) is 5.69 Å². The molecule has 4 N–H and O–H groups in total. The Kier molecular flexibility index (Phi) is 4.19. The number of nitro groups is 1. The first-order valence-electron chi connectivity index (χ1n) is 6.55. The lowest BCUT2D eigenvalue weighted by Gasteiger charge is -2.33. The van der Waals surface area contributed by atoms with Crippen molar-refractivity contribution in [1.82, 2.24) is 4.90 Å². The normalized spacial score (nSPS) is 19.7. The van der Waals surface area contributed by atoms with Gasteiger partial charge in [-0.3, -0.25) is 19.8 Å². The van der Waals surface area contributed by atoms with E-state index in [2.05, 4.69) is 0 Å². The van der Waals surface area contributed by atoms with Crippen LogP contribution in [0.4, 0.5) is 11.4 Å². The van der Waals surface area contributed by atoms with Gasteiger partial charge in [0.05, 0.1) is 11.0 Å². The highest BCUT2D eigenvalue weighted by Crippen LogP contribution is 2.25. The molecule has 0 aromatic heterocycles. The minimum atomic E-state index is -0.454. The number of hydrogen-bond donors (Lipinski definition) is 2. The molecule has 1 fully saturated rings. The van der Waals surface area contributed by atoms with E-state index in [1.165, 1.54) is 18.2 Å². The number of nitrogen functional groups attached to an aromatic ring is 1. The summed E-state index contributed by atoms with van der Waals surface area (Å²) in [4.78, 5) is 23.8. The van der Waals surface area contributed by atoms with E-state index in [1.807, 2.05) is 4.90 Å². The predicted molar refractivity (Wildman–Crippen MR) is 74.8 cm³/mol. The van der Waals surface area contributed by atoms with Crippen LogP contribution in [-0.4, -0.2) is 28.3 Å². The molecular formula is C13H18N4O3. The summed E-state index contributed by atoms with van der Waals surface area (Å²) >= 11 is 0. The molecule has 2 rings (SSSR count). The molecule has 1 unspecified atom stereocenters. The highest BCUT2D eigenvalue weighted by molar-refractivity contribution is 5.80. The molecule has 1 aliphatic heterocycles. The third-order valence-electron chi connectivity index (χ3n) is 3.65. The van der Waals surface area contributed by atoms with Gasteiger partial charge in [0.15, 0.2) is 0 Å². The average Bonchev–Trinajstić information content (AvgIpc) is 2.41. The fourth-order valence-corrected chi connectivity index (χ4v) is 2.56. The van der Waals surface area contributed by atoms with E-state index < -0.39 is 4.92 Å². The van der Waals surface area contributed by atoms with Crippen LogP contribution in [0, 0.1) is 10.1 Å². The second-order valence-electron chi connectivity index (χ2n) is 5.02. The van der Waals surface area contributed by atoms with Gasteiger partial charge >= 0.3 is 0 Å². The summed E-state index contributed by atoms with van der Waals surface area (Å²) in [6.07, 6.45) is 2.68. The number of nitrogens with two attached hydrogens (primary N) is 2. The first-order chi connectivity index (χ1) is 9.49. The number of carbonyl (C=O) groups excluding carboxylic acids is 1. The van der Waals surface area contributed by atoms with Gasteiger partial charge in [0.2, 0.25) is 5.91 Å². The van der Waals surface area contributed by atoms with Crippen LogP contribution in [0.3, 0.4) is 0 Å². The molecule has 1 amide bonds. The lowest BCUT2D eigenvalue weighted by Crippen LogP contribution is -2.47. The highest BCUT2D eigenvalue weighted by Gasteiger charge is 2.27. The standard InChI is InChI=1S/C13H18N4O3/c14-11-5-4-10(17(19)20)7-9(11)8-16-6-2-1-3-12(16)13(15)18/h4-5,7,12H,1-3,6,8,14H2,(H2,15,18). The third-order valence-corrected chi connectivity index (χ3v) is 3.65. The van der Waals surface area contributed by atoms with E-state index >= 15 is 0 Å². The Labute approximate surface area is 116 Å². The molecule has 1 aromatic carbocycles. The van der Waals surface area contributed by atoms with Gasteiger partial charge in [-0.1, -0.05) is 6.42 Å². The van der Waals surface area contributed by atoms with Gasteiger partial charge in [-0.15, -0.1) is 0 Å². The van der Waals surface area contributed by atoms with Crippen molar-refractivity contribution in [2.45, 2.75) is 31.8 Å². The minimum Gasteiger partial charge on any atom is -0.398 e. The van der Waals surface area contributed by atoms with Crippen LogP contribution in [0.15, 0.2) is 18.2 Å². The zero-order valence-corrected chi connectivity index (χ0v) is 11.1. The Bertz CT molecular complexity index is 532. The maximum absolute atomic E-state index is 11.5. The molecule has 0 saturated carbocycles. The lowest BCUT2D eigenvalue weighted by molar-refractivity contribution is -0.384. The number of anilines is 1. The van der Waals surface area contributed by atoms with Gasteiger partial charge in [-0.25, -0.2) is 0 Å². The number of piperidine rings is 1. The number of likely N-dealkylation sites (tertiary alicyclic amines) is 1. The molecule has 1 aromatic rings. The minimum absolute atomic E-state index is 0.00170. The first kappa shape index (κ1) is 14.3. The van der Waals surface area contributed by atoms with Crippen LogP contribution in [0.5, 0.6) is 0 Å². The Morgan fingerprint density at radius 2 is 2.20 bits per heavy atom. The predicted octanol–water partition coefficient (Wildman–Crippen LogP) is 1.02. The van der Waals surface area contributed by atoms with Crippen molar-refractivity contribution in [3.8, 4) is 0 Å². The largest absolute Gasteiger partial charge is 0.398 e. The van der Waals surface area contributed by atoms with Crippen LogP contribution < -0.4 is 11.5 Å². The zero-order valence-electron chi connectivity index (χ0n) is 11.1. The van der Waals surface area contributed by atoms with Crippen molar-refractivity contribution >= 4 is 17.3 Å². The van der Waals surface area contributed by atoms with E-state index in [-0.39, 0.29) is 17.6 Å². The molecular weight excluding hydrogens is 260 g/mol. The van der Waals surface area contributed by atoms with Crippen LogP contribution >= 0.6 is 0 Å². The quantitative estimate of drug-likeness (QED) is 0.484. The third kappa shape index (κ3) is 3.05. The van der Waals surface area contributed by atoms with Crippen molar-refractivity contribution in [2.24, 2.45) is 5.73 Å². The van der Waals surface area contributed by atoms with E-state index in [4.69, 9.17) is 11.5 Å². The smallest absolute Gasteiger partial charge is 0.269 e. The monoisotopic (exact) mass is 278 g/mol. The molecule has 1 atom stereocenters. The highest BCUT2D eigenvalue weighted by atomic mass is 16.6. The van der Waals surface area contributed by atoms with Gasteiger partial charge in [-0.05, 0) is 31.0 Å². The van der Waals surface area contributed by atoms with Crippen molar-refractivity contribution in [3.05, 3.63) is 33.9 Å². The lowest BCUT2D eigenvalue weighted by atomic mass is 10.00. The molecule has 0 spiro atoms. The number of carbonyl (C=O) groups is 1. The molecule has 1 heterocycles. The topological polar surface area (TPSA) is 115 Å². The summed E-state index contributed by atoms with van der Waals surface area (Å²) in [5.41, 5.74) is 12.4. The van der Waals surface area contributed by atoms with Crippen molar-refractivity contribution in [1.29, 1.82) is 0 Å². The average molecular weight is 278 g/mol. The fraction of sp³-hybridized carbons (Fsp3) is 0.462. The summed E-state index contributed by atoms with van der Waals surface area (Å²) < 4.78 is 0. The molecule has 7 heteroatoms. The number of nitro benzene ring substituents is 1. The molecule has 1 aliphatic rings. The number of primary amides is 1. The molecule has 20 heavy (non-hydrogen) atoms. The Hall–Kier alpha value is -2.15. The molecule has 0 aliphatic carbocycles. The van der Waals surface area contributed by atoms with Crippen LogP contribution in [0.1, 0.15) is 24.8 Å². The number of rotatable bonds is 4. The van der Waals surface area contributed by atoms with Crippen LogP contribution in [-0.2, 0) is 11.3 Å². The second-order valence-corrected chi connectivity index (χ2v) is 5.02. The molecule has 7 nitrogen and oxygen atoms in total. The van der Waals surface area contributed by atoms with E-state index in [0.29, 0.717) is 17.8 Å². The van der Waals surface area contributed by atoms with E-state index in [9.17, 15) is 14.9 Å². The Morgan fingerprint density at radius 3 is 2.85 bits per heavy atom. The second kappa shape index (κ2) is 5.87. The summed E-state index contributed by atoms with van der Waals surface area (Å²) in [6.45, 7) is 1.15. The molecule has 0 bridgehead atoms. The van der Waals surface area contributed by atoms with Gasteiger partial charge < -0.3 is 11.5 Å². The number of amides is 1. The van der Waals surface area contributed by atoms with Gasteiger partial charge in [0, 0.05) is 24.4 Å². The Morgan fingerprint density at radius 1 is 1.45 bits per heavy atom. The maximum Gasteiger partial charge on any atom is 0.269 e. The number of hydrogen-bond acceptors (Lipinski definition) is 5. The van der Waals surface area contributed by atoms with Gasteiger partial charge in [0.1, 0.15) is 0 Å². The van der Waals surface area contributed by atoms with Crippen molar-refractivity contribution in [3.63, 3.8) is 0 Å². The van der Waals surface area contributed by atoms with Crippen molar-refractivity contribution in [2.75, 3.05) is 12.3 Å².